The molecule has 136 valence electrons. The smallest absolute Gasteiger partial charge is 0.410 e. The molecule has 0 spiro atoms. The van der Waals surface area contributed by atoms with Crippen molar-refractivity contribution in [3.8, 4) is 0 Å². The van der Waals surface area contributed by atoms with Crippen LogP contribution in [0, 0.1) is 5.92 Å². The van der Waals surface area contributed by atoms with Gasteiger partial charge in [-0.1, -0.05) is 0 Å². The summed E-state index contributed by atoms with van der Waals surface area (Å²) in [5.41, 5.74) is 0.636. The zero-order valence-corrected chi connectivity index (χ0v) is 15.1. The molecule has 0 unspecified atom stereocenters. The predicted molar refractivity (Wildman–Crippen MR) is 94.3 cm³/mol. The van der Waals surface area contributed by atoms with Crippen molar-refractivity contribution in [1.82, 2.24) is 14.8 Å². The van der Waals surface area contributed by atoms with Crippen LogP contribution < -0.4 is 4.90 Å². The Hall–Kier alpha value is -2.31. The number of hydrogen-bond donors (Lipinski definition) is 0. The van der Waals surface area contributed by atoms with Gasteiger partial charge in [-0.05, 0) is 32.9 Å². The van der Waals surface area contributed by atoms with E-state index in [4.69, 9.17) is 4.74 Å². The molecule has 0 bridgehead atoms. The van der Waals surface area contributed by atoms with Gasteiger partial charge in [-0.3, -0.25) is 9.78 Å². The molecule has 3 rings (SSSR count). The Morgan fingerprint density at radius 3 is 2.20 bits per heavy atom. The van der Waals surface area contributed by atoms with Crippen LogP contribution in [0.1, 0.15) is 20.8 Å². The minimum absolute atomic E-state index is 0.0972. The summed E-state index contributed by atoms with van der Waals surface area (Å²) in [5, 5.41) is 0. The summed E-state index contributed by atoms with van der Waals surface area (Å²) in [7, 11) is 0. The summed E-state index contributed by atoms with van der Waals surface area (Å²) in [6, 6.07) is 3.98. The fourth-order valence-corrected chi connectivity index (χ4v) is 3.11. The highest BCUT2D eigenvalue weighted by Gasteiger charge is 2.40. The van der Waals surface area contributed by atoms with Crippen molar-refractivity contribution in [2.75, 3.05) is 44.2 Å². The average molecular weight is 346 g/mol. The zero-order valence-electron chi connectivity index (χ0n) is 15.1. The molecule has 2 fully saturated rings. The van der Waals surface area contributed by atoms with Crippen molar-refractivity contribution in [2.45, 2.75) is 26.4 Å². The highest BCUT2D eigenvalue weighted by molar-refractivity contribution is 5.83. The predicted octanol–water partition coefficient (Wildman–Crippen LogP) is 1.60. The van der Waals surface area contributed by atoms with Crippen LogP contribution in [0.25, 0.3) is 0 Å². The molecule has 0 aromatic carbocycles. The maximum Gasteiger partial charge on any atom is 0.410 e. The lowest BCUT2D eigenvalue weighted by Crippen LogP contribution is -2.59. The fourth-order valence-electron chi connectivity index (χ4n) is 3.11. The molecule has 3 heterocycles. The molecular weight excluding hydrogens is 320 g/mol. The summed E-state index contributed by atoms with van der Waals surface area (Å²) >= 11 is 0. The van der Waals surface area contributed by atoms with Crippen molar-refractivity contribution in [2.24, 2.45) is 5.92 Å². The number of ether oxygens (including phenoxy) is 1. The minimum Gasteiger partial charge on any atom is -0.444 e. The summed E-state index contributed by atoms with van der Waals surface area (Å²) < 4.78 is 5.33. The molecule has 1 aromatic heterocycles. The second-order valence-corrected chi connectivity index (χ2v) is 7.60. The van der Waals surface area contributed by atoms with Crippen molar-refractivity contribution in [3.05, 3.63) is 24.5 Å². The normalized spacial score (nSPS) is 18.8. The van der Waals surface area contributed by atoms with E-state index in [0.29, 0.717) is 26.2 Å². The van der Waals surface area contributed by atoms with Gasteiger partial charge in [0.1, 0.15) is 5.60 Å². The number of piperazine rings is 1. The molecule has 0 radical (unpaired) electrons. The molecule has 2 amide bonds. The van der Waals surface area contributed by atoms with E-state index < -0.39 is 5.60 Å². The van der Waals surface area contributed by atoms with Gasteiger partial charge in [-0.2, -0.15) is 0 Å². The van der Waals surface area contributed by atoms with E-state index in [9.17, 15) is 9.59 Å². The first kappa shape index (κ1) is 17.5. The van der Waals surface area contributed by atoms with Crippen LogP contribution in [-0.2, 0) is 9.53 Å². The number of pyridine rings is 1. The largest absolute Gasteiger partial charge is 0.444 e. The molecule has 0 N–H and O–H groups in total. The van der Waals surface area contributed by atoms with Gasteiger partial charge in [0, 0.05) is 57.3 Å². The summed E-state index contributed by atoms with van der Waals surface area (Å²) in [6.07, 6.45) is 3.23. The van der Waals surface area contributed by atoms with Crippen LogP contribution in [0.4, 0.5) is 10.5 Å². The third kappa shape index (κ3) is 4.21. The zero-order chi connectivity index (χ0) is 18.0. The van der Waals surface area contributed by atoms with Crippen LogP contribution in [-0.4, -0.2) is 71.7 Å². The van der Waals surface area contributed by atoms with E-state index in [1.54, 1.807) is 17.3 Å². The number of hydrogen-bond acceptors (Lipinski definition) is 5. The number of aromatic nitrogens is 1. The Bertz CT molecular complexity index is 615. The third-order valence-corrected chi connectivity index (χ3v) is 4.50. The van der Waals surface area contributed by atoms with Crippen LogP contribution in [0.3, 0.4) is 0 Å². The number of carbonyl (C=O) groups is 2. The maximum absolute atomic E-state index is 12.6. The topological polar surface area (TPSA) is 66.0 Å². The van der Waals surface area contributed by atoms with Crippen LogP contribution in [0.15, 0.2) is 24.5 Å². The van der Waals surface area contributed by atoms with Crippen LogP contribution >= 0.6 is 0 Å². The first-order chi connectivity index (χ1) is 11.8. The van der Waals surface area contributed by atoms with Crippen molar-refractivity contribution in [3.63, 3.8) is 0 Å². The maximum atomic E-state index is 12.6. The molecule has 2 aliphatic heterocycles. The van der Waals surface area contributed by atoms with E-state index >= 15 is 0 Å². The van der Waals surface area contributed by atoms with Crippen molar-refractivity contribution < 1.29 is 14.3 Å². The Balaban J connectivity index is 1.44. The van der Waals surface area contributed by atoms with Gasteiger partial charge in [0.05, 0.1) is 5.92 Å². The molecule has 7 heteroatoms. The SMILES string of the molecule is CC(C)(C)OC(=O)N1CC(C(=O)N2CCN(c3ccncc3)CC2)C1. The second-order valence-electron chi connectivity index (χ2n) is 7.60. The number of rotatable bonds is 2. The molecule has 7 nitrogen and oxygen atoms in total. The molecule has 1 aromatic rings. The molecule has 25 heavy (non-hydrogen) atoms. The first-order valence-corrected chi connectivity index (χ1v) is 8.75. The highest BCUT2D eigenvalue weighted by atomic mass is 16.6. The molecule has 2 aliphatic rings. The lowest BCUT2D eigenvalue weighted by atomic mass is 9.98. The minimum atomic E-state index is -0.504. The van der Waals surface area contributed by atoms with E-state index in [1.165, 1.54) is 0 Å². The average Bonchev–Trinajstić information content (AvgIpc) is 2.52. The molecular formula is C18H26N4O3. The monoisotopic (exact) mass is 346 g/mol. The highest BCUT2D eigenvalue weighted by Crippen LogP contribution is 2.23. The Morgan fingerprint density at radius 2 is 1.64 bits per heavy atom. The van der Waals surface area contributed by atoms with Gasteiger partial charge in [0.25, 0.3) is 0 Å². The number of anilines is 1. The van der Waals surface area contributed by atoms with Gasteiger partial charge < -0.3 is 19.4 Å². The molecule has 2 saturated heterocycles. The summed E-state index contributed by atoms with van der Waals surface area (Å²) in [5.74, 6) is 0.0502. The molecule has 0 saturated carbocycles. The summed E-state index contributed by atoms with van der Waals surface area (Å²) in [6.45, 7) is 9.50. The molecule has 0 atom stereocenters. The van der Waals surface area contributed by atoms with Gasteiger partial charge >= 0.3 is 6.09 Å². The number of amides is 2. The fraction of sp³-hybridized carbons (Fsp3) is 0.611. The van der Waals surface area contributed by atoms with E-state index in [2.05, 4.69) is 9.88 Å². The Morgan fingerprint density at radius 1 is 1.04 bits per heavy atom. The quantitative estimate of drug-likeness (QED) is 0.814. The number of carbonyl (C=O) groups excluding carboxylic acids is 2. The number of likely N-dealkylation sites (tertiary alicyclic amines) is 1. The second kappa shape index (κ2) is 6.90. The van der Waals surface area contributed by atoms with Crippen LogP contribution in [0.5, 0.6) is 0 Å². The van der Waals surface area contributed by atoms with Gasteiger partial charge in [-0.15, -0.1) is 0 Å². The van der Waals surface area contributed by atoms with Gasteiger partial charge in [-0.25, -0.2) is 4.79 Å². The molecule has 0 aliphatic carbocycles. The number of nitrogens with zero attached hydrogens (tertiary/aromatic N) is 4. The van der Waals surface area contributed by atoms with Crippen LogP contribution in [0.2, 0.25) is 0 Å². The van der Waals surface area contributed by atoms with Crippen molar-refractivity contribution in [1.29, 1.82) is 0 Å². The van der Waals surface area contributed by atoms with Gasteiger partial charge in [0.15, 0.2) is 0 Å². The van der Waals surface area contributed by atoms with E-state index in [1.807, 2.05) is 37.8 Å². The first-order valence-electron chi connectivity index (χ1n) is 8.75. The summed E-state index contributed by atoms with van der Waals surface area (Å²) in [4.78, 5) is 34.4. The Labute approximate surface area is 148 Å². The van der Waals surface area contributed by atoms with Crippen molar-refractivity contribution >= 4 is 17.7 Å². The Kier molecular flexibility index (Phi) is 4.83. The standard InChI is InChI=1S/C18H26N4O3/c1-18(2,3)25-17(24)22-12-14(13-22)16(23)21-10-8-20(9-11-21)15-4-6-19-7-5-15/h4-7,14H,8-13H2,1-3H3. The third-order valence-electron chi connectivity index (χ3n) is 4.50. The lowest BCUT2D eigenvalue weighted by Gasteiger charge is -2.43. The lowest BCUT2D eigenvalue weighted by molar-refractivity contribution is -0.140. The van der Waals surface area contributed by atoms with E-state index in [0.717, 1.165) is 18.8 Å². The van der Waals surface area contributed by atoms with Gasteiger partial charge in [0.2, 0.25) is 5.91 Å². The van der Waals surface area contributed by atoms with E-state index in [-0.39, 0.29) is 17.9 Å².